The van der Waals surface area contributed by atoms with Crippen molar-refractivity contribution in [2.45, 2.75) is 11.7 Å². The van der Waals surface area contributed by atoms with Crippen LogP contribution in [0.2, 0.25) is 0 Å². The molecular formula is C17H14N3O2S+. The van der Waals surface area contributed by atoms with Crippen molar-refractivity contribution in [1.29, 1.82) is 0 Å². The lowest BCUT2D eigenvalue weighted by Gasteiger charge is -2.06. The fourth-order valence-corrected chi connectivity index (χ4v) is 3.84. The minimum atomic E-state index is -0.331. The lowest BCUT2D eigenvalue weighted by molar-refractivity contribution is -0.455. The number of quaternary nitrogens is 1. The number of carbonyl (C=O) groups is 2. The van der Waals surface area contributed by atoms with Gasteiger partial charge in [0.25, 0.3) is 0 Å². The van der Waals surface area contributed by atoms with Crippen molar-refractivity contribution in [3.05, 3.63) is 54.4 Å². The number of imide groups is 1. The number of fused-ring (bicyclic) bond motifs is 1. The molecule has 0 saturated carbocycles. The van der Waals surface area contributed by atoms with Gasteiger partial charge in [-0.25, -0.2) is 14.9 Å². The Kier molecular flexibility index (Phi) is 3.48. The number of nitrogens with zero attached hydrogens (tertiary/aromatic N) is 1. The number of pyridine rings is 1. The molecule has 0 bridgehead atoms. The first-order valence-electron chi connectivity index (χ1n) is 7.31. The predicted molar refractivity (Wildman–Crippen MR) is 88.9 cm³/mol. The second-order valence-electron chi connectivity index (χ2n) is 5.44. The highest BCUT2D eigenvalue weighted by molar-refractivity contribution is 8.14. The number of hydrogen-bond donors (Lipinski definition) is 2. The number of H-pyrrole nitrogens is 1. The fourth-order valence-electron chi connectivity index (χ4n) is 2.95. The van der Waals surface area contributed by atoms with Crippen molar-refractivity contribution in [2.24, 2.45) is 0 Å². The van der Waals surface area contributed by atoms with Crippen molar-refractivity contribution >= 4 is 33.8 Å². The number of aromatic nitrogens is 2. The van der Waals surface area contributed by atoms with Crippen LogP contribution in [0.1, 0.15) is 5.56 Å². The zero-order valence-electron chi connectivity index (χ0n) is 12.2. The summed E-state index contributed by atoms with van der Waals surface area (Å²) < 4.78 is 0. The van der Waals surface area contributed by atoms with Crippen molar-refractivity contribution < 1.29 is 14.9 Å². The third-order valence-corrected chi connectivity index (χ3v) is 5.04. The van der Waals surface area contributed by atoms with E-state index in [2.05, 4.69) is 9.97 Å². The van der Waals surface area contributed by atoms with Crippen LogP contribution in [0.15, 0.2) is 48.8 Å². The standard InChI is InChI=1S/C17H13N3O2S/c21-16-14(23-17(22)20-16)9-12-11-3-1-2-4-13(11)19-15(12)10-5-7-18-8-6-10/h1-8,14,19H,9H2,(H,20,21,22)/p+1. The minimum Gasteiger partial charge on any atom is -0.354 e. The fraction of sp³-hybridized carbons (Fsp3) is 0.118. The number of nitrogens with one attached hydrogen (secondary N) is 1. The number of benzene rings is 1. The van der Waals surface area contributed by atoms with Crippen LogP contribution < -0.4 is 5.32 Å². The van der Waals surface area contributed by atoms with Crippen LogP contribution >= 0.6 is 11.8 Å². The molecule has 3 N–H and O–H groups in total. The maximum absolute atomic E-state index is 12.0. The number of rotatable bonds is 3. The molecule has 23 heavy (non-hydrogen) atoms. The zero-order valence-corrected chi connectivity index (χ0v) is 13.0. The third kappa shape index (κ3) is 2.56. The molecule has 3 heterocycles. The van der Waals surface area contributed by atoms with E-state index in [0.29, 0.717) is 6.42 Å². The second-order valence-corrected chi connectivity index (χ2v) is 6.64. The molecule has 1 unspecified atom stereocenters. The number of nitrogens with two attached hydrogens (primary N) is 1. The summed E-state index contributed by atoms with van der Waals surface area (Å²) in [5.41, 5.74) is 4.11. The Labute approximate surface area is 136 Å². The highest BCUT2D eigenvalue weighted by Gasteiger charge is 2.38. The van der Waals surface area contributed by atoms with Crippen LogP contribution in [0, 0.1) is 0 Å². The van der Waals surface area contributed by atoms with E-state index in [1.54, 1.807) is 12.4 Å². The summed E-state index contributed by atoms with van der Waals surface area (Å²) in [7, 11) is 0. The van der Waals surface area contributed by atoms with E-state index in [4.69, 9.17) is 0 Å². The van der Waals surface area contributed by atoms with Gasteiger partial charge in [-0.2, -0.15) is 0 Å². The molecule has 1 aromatic carbocycles. The van der Waals surface area contributed by atoms with Gasteiger partial charge < -0.3 is 4.98 Å². The Balaban J connectivity index is 1.83. The number of thioether (sulfide) groups is 1. The summed E-state index contributed by atoms with van der Waals surface area (Å²) in [5.74, 6) is -0.0917. The van der Waals surface area contributed by atoms with Crippen LogP contribution in [0.3, 0.4) is 0 Å². The number of para-hydroxylation sites is 1. The van der Waals surface area contributed by atoms with Crippen molar-refractivity contribution in [2.75, 3.05) is 0 Å². The van der Waals surface area contributed by atoms with Gasteiger partial charge in [0.1, 0.15) is 5.25 Å². The van der Waals surface area contributed by atoms with Crippen LogP contribution in [-0.4, -0.2) is 26.4 Å². The van der Waals surface area contributed by atoms with Gasteiger partial charge in [0.15, 0.2) is 0 Å². The molecule has 4 rings (SSSR count). The number of hydrogen-bond acceptors (Lipinski definition) is 4. The monoisotopic (exact) mass is 324 g/mol. The van der Waals surface area contributed by atoms with Crippen LogP contribution in [0.5, 0.6) is 0 Å². The summed E-state index contributed by atoms with van der Waals surface area (Å²) in [5, 5.41) is 1.82. The quantitative estimate of drug-likeness (QED) is 0.773. The van der Waals surface area contributed by atoms with E-state index < -0.39 is 0 Å². The van der Waals surface area contributed by atoms with Gasteiger partial charge in [0.05, 0.1) is 0 Å². The highest BCUT2D eigenvalue weighted by atomic mass is 32.2. The zero-order chi connectivity index (χ0) is 15.8. The average Bonchev–Trinajstić information content (AvgIpc) is 3.09. The van der Waals surface area contributed by atoms with Gasteiger partial charge in [-0.3, -0.25) is 4.98 Å². The van der Waals surface area contributed by atoms with E-state index in [1.165, 1.54) is 5.32 Å². The Morgan fingerprint density at radius 2 is 1.91 bits per heavy atom. The number of aromatic amines is 1. The van der Waals surface area contributed by atoms with Crippen molar-refractivity contribution in [1.82, 2.24) is 9.97 Å². The molecule has 3 aromatic rings. The summed E-state index contributed by atoms with van der Waals surface area (Å²) in [4.78, 5) is 31.0. The number of primary amides is 2. The molecule has 1 aliphatic rings. The molecule has 5 nitrogen and oxygen atoms in total. The van der Waals surface area contributed by atoms with Crippen molar-refractivity contribution in [3.63, 3.8) is 0 Å². The average molecular weight is 324 g/mol. The highest BCUT2D eigenvalue weighted by Crippen LogP contribution is 2.33. The Morgan fingerprint density at radius 1 is 1.13 bits per heavy atom. The maximum Gasteiger partial charge on any atom is 0.380 e. The molecular weight excluding hydrogens is 310 g/mol. The van der Waals surface area contributed by atoms with Gasteiger partial charge in [-0.1, -0.05) is 18.2 Å². The van der Waals surface area contributed by atoms with E-state index in [1.807, 2.05) is 36.4 Å². The Morgan fingerprint density at radius 3 is 2.65 bits per heavy atom. The van der Waals surface area contributed by atoms with Gasteiger partial charge in [0, 0.05) is 41.0 Å². The number of carbonyl (C=O) groups excluding carboxylic acids is 2. The molecule has 0 spiro atoms. The first-order chi connectivity index (χ1) is 11.2. The largest absolute Gasteiger partial charge is 0.380 e. The molecule has 1 fully saturated rings. The minimum absolute atomic E-state index is 0.0917. The Bertz CT molecular complexity index is 905. The molecule has 1 aliphatic heterocycles. The predicted octanol–water partition coefficient (Wildman–Crippen LogP) is 2.10. The lowest BCUT2D eigenvalue weighted by atomic mass is 10.0. The Hall–Kier alpha value is -2.44. The summed E-state index contributed by atoms with van der Waals surface area (Å²) in [6, 6.07) is 11.9. The van der Waals surface area contributed by atoms with E-state index in [9.17, 15) is 9.59 Å². The molecule has 1 atom stereocenters. The van der Waals surface area contributed by atoms with Crippen molar-refractivity contribution in [3.8, 4) is 11.3 Å². The summed E-state index contributed by atoms with van der Waals surface area (Å²) in [6.07, 6.45) is 4.03. The third-order valence-electron chi connectivity index (χ3n) is 4.01. The van der Waals surface area contributed by atoms with E-state index in [0.717, 1.165) is 39.5 Å². The van der Waals surface area contributed by atoms with Gasteiger partial charge in [-0.05, 0) is 35.5 Å². The first kappa shape index (κ1) is 14.2. The van der Waals surface area contributed by atoms with Crippen LogP contribution in [0.25, 0.3) is 22.2 Å². The molecule has 0 aliphatic carbocycles. The molecule has 114 valence electrons. The van der Waals surface area contributed by atoms with Gasteiger partial charge in [0.2, 0.25) is 0 Å². The molecule has 2 aromatic heterocycles. The van der Waals surface area contributed by atoms with Gasteiger partial charge in [-0.15, -0.1) is 0 Å². The van der Waals surface area contributed by atoms with Gasteiger partial charge >= 0.3 is 11.1 Å². The molecule has 2 amide bonds. The normalized spacial score (nSPS) is 18.0. The van der Waals surface area contributed by atoms with E-state index >= 15 is 0 Å². The number of amides is 2. The SMILES string of the molecule is O=C1[NH2+]C(=O)C(Cc2c(-c3ccncc3)[nH]c3ccccc23)S1. The maximum atomic E-state index is 12.0. The van der Waals surface area contributed by atoms with Crippen LogP contribution in [-0.2, 0) is 11.2 Å². The van der Waals surface area contributed by atoms with Crippen LogP contribution in [0.4, 0.5) is 4.79 Å². The topological polar surface area (TPSA) is 79.4 Å². The summed E-state index contributed by atoms with van der Waals surface area (Å²) in [6.45, 7) is 0. The first-order valence-corrected chi connectivity index (χ1v) is 8.19. The smallest absolute Gasteiger partial charge is 0.354 e. The lowest BCUT2D eigenvalue weighted by Crippen LogP contribution is -2.88. The van der Waals surface area contributed by atoms with E-state index in [-0.39, 0.29) is 16.4 Å². The molecule has 6 heteroatoms. The molecule has 0 radical (unpaired) electrons. The summed E-state index contributed by atoms with van der Waals surface area (Å²) >= 11 is 1.11. The molecule has 1 saturated heterocycles. The second kappa shape index (κ2) is 5.64.